The largest absolute Gasteiger partial charge is 0.489 e. The highest BCUT2D eigenvalue weighted by atomic mass is 16.5. The Hall–Kier alpha value is -1.46. The molecular weight excluding hydrogens is 246 g/mol. The SMILES string of the molecule is COCCOCCC(=O)c1cncc(OC(C)C)c1. The molecule has 0 spiro atoms. The van der Waals surface area contributed by atoms with Gasteiger partial charge in [-0.05, 0) is 19.9 Å². The van der Waals surface area contributed by atoms with E-state index in [2.05, 4.69) is 4.98 Å². The first-order valence-electron chi connectivity index (χ1n) is 6.35. The zero-order chi connectivity index (χ0) is 14.1. The lowest BCUT2D eigenvalue weighted by atomic mass is 10.1. The summed E-state index contributed by atoms with van der Waals surface area (Å²) < 4.78 is 15.6. The normalized spacial score (nSPS) is 10.7. The minimum Gasteiger partial charge on any atom is -0.489 e. The number of hydrogen-bond acceptors (Lipinski definition) is 5. The molecule has 0 fully saturated rings. The smallest absolute Gasteiger partial charge is 0.166 e. The van der Waals surface area contributed by atoms with Crippen molar-refractivity contribution in [3.63, 3.8) is 0 Å². The van der Waals surface area contributed by atoms with E-state index in [9.17, 15) is 4.79 Å². The second-order valence-electron chi connectivity index (χ2n) is 4.35. The molecule has 0 amide bonds. The molecule has 0 aliphatic rings. The summed E-state index contributed by atoms with van der Waals surface area (Å²) in [5.74, 6) is 0.611. The zero-order valence-electron chi connectivity index (χ0n) is 11.7. The Bertz CT molecular complexity index is 393. The number of hydrogen-bond donors (Lipinski definition) is 0. The fourth-order valence-electron chi connectivity index (χ4n) is 1.46. The first-order valence-corrected chi connectivity index (χ1v) is 6.35. The van der Waals surface area contributed by atoms with Gasteiger partial charge in [0.2, 0.25) is 0 Å². The zero-order valence-corrected chi connectivity index (χ0v) is 11.7. The van der Waals surface area contributed by atoms with Gasteiger partial charge in [-0.1, -0.05) is 0 Å². The average Bonchev–Trinajstić information content (AvgIpc) is 2.38. The van der Waals surface area contributed by atoms with Crippen molar-refractivity contribution in [3.8, 4) is 5.75 Å². The number of nitrogens with zero attached hydrogens (tertiary/aromatic N) is 1. The van der Waals surface area contributed by atoms with Gasteiger partial charge in [0.1, 0.15) is 5.75 Å². The number of methoxy groups -OCH3 is 1. The quantitative estimate of drug-likeness (QED) is 0.506. The maximum atomic E-state index is 11.9. The molecule has 5 heteroatoms. The van der Waals surface area contributed by atoms with Crippen LogP contribution in [-0.4, -0.2) is 43.8 Å². The van der Waals surface area contributed by atoms with E-state index in [4.69, 9.17) is 14.2 Å². The van der Waals surface area contributed by atoms with Crippen molar-refractivity contribution in [2.75, 3.05) is 26.9 Å². The van der Waals surface area contributed by atoms with Gasteiger partial charge >= 0.3 is 0 Å². The number of rotatable bonds is 9. The van der Waals surface area contributed by atoms with Crippen LogP contribution in [-0.2, 0) is 9.47 Å². The minimum absolute atomic E-state index is 0.000812. The summed E-state index contributed by atoms with van der Waals surface area (Å²) in [6.45, 7) is 5.28. The van der Waals surface area contributed by atoms with Gasteiger partial charge < -0.3 is 14.2 Å². The fraction of sp³-hybridized carbons (Fsp3) is 0.571. The second kappa shape index (κ2) is 8.61. The van der Waals surface area contributed by atoms with Crippen LogP contribution in [0.5, 0.6) is 5.75 Å². The van der Waals surface area contributed by atoms with Crippen molar-refractivity contribution in [2.45, 2.75) is 26.4 Å². The highest BCUT2D eigenvalue weighted by Crippen LogP contribution is 2.14. The first kappa shape index (κ1) is 15.6. The van der Waals surface area contributed by atoms with Crippen LogP contribution in [0.4, 0.5) is 0 Å². The Morgan fingerprint density at radius 1 is 1.26 bits per heavy atom. The van der Waals surface area contributed by atoms with E-state index in [1.807, 2.05) is 13.8 Å². The molecule has 0 N–H and O–H groups in total. The standard InChI is InChI=1S/C14H21NO4/c1-11(2)19-13-8-12(9-15-10-13)14(16)4-5-18-7-6-17-3/h8-11H,4-7H2,1-3H3. The summed E-state index contributed by atoms with van der Waals surface area (Å²) in [4.78, 5) is 15.9. The molecule has 1 heterocycles. The molecule has 0 aliphatic carbocycles. The van der Waals surface area contributed by atoms with Crippen LogP contribution < -0.4 is 4.74 Å². The van der Waals surface area contributed by atoms with Gasteiger partial charge in [0.15, 0.2) is 5.78 Å². The third kappa shape index (κ3) is 6.31. The van der Waals surface area contributed by atoms with Crippen molar-refractivity contribution in [2.24, 2.45) is 0 Å². The lowest BCUT2D eigenvalue weighted by Crippen LogP contribution is -2.10. The van der Waals surface area contributed by atoms with E-state index in [1.54, 1.807) is 25.6 Å². The number of carbonyl (C=O) groups is 1. The third-order valence-corrected chi connectivity index (χ3v) is 2.31. The molecule has 106 valence electrons. The number of aromatic nitrogens is 1. The topological polar surface area (TPSA) is 57.7 Å². The highest BCUT2D eigenvalue weighted by Gasteiger charge is 2.08. The molecule has 1 rings (SSSR count). The van der Waals surface area contributed by atoms with Gasteiger partial charge in [-0.2, -0.15) is 0 Å². The van der Waals surface area contributed by atoms with E-state index < -0.39 is 0 Å². The number of pyridine rings is 1. The molecule has 0 atom stereocenters. The summed E-state index contributed by atoms with van der Waals surface area (Å²) in [5.41, 5.74) is 0.550. The highest BCUT2D eigenvalue weighted by molar-refractivity contribution is 5.96. The molecule has 5 nitrogen and oxygen atoms in total. The van der Waals surface area contributed by atoms with Crippen LogP contribution in [0.1, 0.15) is 30.6 Å². The lowest BCUT2D eigenvalue weighted by Gasteiger charge is -2.10. The molecule has 0 aromatic carbocycles. The van der Waals surface area contributed by atoms with Crippen molar-refractivity contribution in [1.82, 2.24) is 4.98 Å². The number of Topliss-reactive ketones (excluding diaryl/α,β-unsaturated/α-hetero) is 1. The van der Waals surface area contributed by atoms with Crippen molar-refractivity contribution < 1.29 is 19.0 Å². The van der Waals surface area contributed by atoms with E-state index >= 15 is 0 Å². The lowest BCUT2D eigenvalue weighted by molar-refractivity contribution is 0.0641. The molecule has 19 heavy (non-hydrogen) atoms. The average molecular weight is 267 g/mol. The minimum atomic E-state index is -0.000812. The molecule has 1 aromatic rings. The first-order chi connectivity index (χ1) is 9.13. The van der Waals surface area contributed by atoms with Crippen molar-refractivity contribution in [1.29, 1.82) is 0 Å². The monoisotopic (exact) mass is 267 g/mol. The van der Waals surface area contributed by atoms with E-state index in [0.29, 0.717) is 37.6 Å². The summed E-state index contributed by atoms with van der Waals surface area (Å²) in [6.07, 6.45) is 3.54. The van der Waals surface area contributed by atoms with E-state index in [0.717, 1.165) is 0 Å². The van der Waals surface area contributed by atoms with Crippen LogP contribution in [0, 0.1) is 0 Å². The van der Waals surface area contributed by atoms with Gasteiger partial charge in [-0.25, -0.2) is 0 Å². The molecule has 0 radical (unpaired) electrons. The van der Waals surface area contributed by atoms with Crippen LogP contribution in [0.15, 0.2) is 18.5 Å². The van der Waals surface area contributed by atoms with Crippen molar-refractivity contribution >= 4 is 5.78 Å². The summed E-state index contributed by atoms with van der Waals surface area (Å²) in [7, 11) is 1.61. The van der Waals surface area contributed by atoms with Gasteiger partial charge in [-0.15, -0.1) is 0 Å². The van der Waals surface area contributed by atoms with E-state index in [1.165, 1.54) is 0 Å². The Kier molecular flexibility index (Phi) is 7.07. The Balaban J connectivity index is 2.43. The molecule has 1 aromatic heterocycles. The summed E-state index contributed by atoms with van der Waals surface area (Å²) in [5, 5.41) is 0. The van der Waals surface area contributed by atoms with Crippen LogP contribution in [0.2, 0.25) is 0 Å². The predicted molar refractivity (Wildman–Crippen MR) is 71.6 cm³/mol. The predicted octanol–water partition coefficient (Wildman–Crippen LogP) is 2.10. The van der Waals surface area contributed by atoms with Gasteiger partial charge in [0.25, 0.3) is 0 Å². The van der Waals surface area contributed by atoms with Crippen LogP contribution in [0.3, 0.4) is 0 Å². The number of carbonyl (C=O) groups excluding carboxylic acids is 1. The maximum absolute atomic E-state index is 11.9. The van der Waals surface area contributed by atoms with Crippen molar-refractivity contribution in [3.05, 3.63) is 24.0 Å². The molecule has 0 aliphatic heterocycles. The fourth-order valence-corrected chi connectivity index (χ4v) is 1.46. The van der Waals surface area contributed by atoms with Gasteiger partial charge in [0, 0.05) is 25.3 Å². The van der Waals surface area contributed by atoms with Crippen LogP contribution >= 0.6 is 0 Å². The maximum Gasteiger partial charge on any atom is 0.166 e. The van der Waals surface area contributed by atoms with Crippen LogP contribution in [0.25, 0.3) is 0 Å². The van der Waals surface area contributed by atoms with Gasteiger partial charge in [-0.3, -0.25) is 9.78 Å². The molecule has 0 bridgehead atoms. The molecule has 0 saturated heterocycles. The molecule has 0 saturated carbocycles. The van der Waals surface area contributed by atoms with E-state index in [-0.39, 0.29) is 11.9 Å². The summed E-state index contributed by atoms with van der Waals surface area (Å²) >= 11 is 0. The third-order valence-electron chi connectivity index (χ3n) is 2.31. The number of ether oxygens (including phenoxy) is 3. The summed E-state index contributed by atoms with van der Waals surface area (Å²) in [6, 6.07) is 1.71. The number of ketones is 1. The van der Waals surface area contributed by atoms with Gasteiger partial charge in [0.05, 0.1) is 32.1 Å². The second-order valence-corrected chi connectivity index (χ2v) is 4.35. The molecular formula is C14H21NO4. The Morgan fingerprint density at radius 3 is 2.74 bits per heavy atom. The molecule has 0 unspecified atom stereocenters. The Labute approximate surface area is 113 Å². The Morgan fingerprint density at radius 2 is 2.05 bits per heavy atom.